The Morgan fingerprint density at radius 2 is 1.90 bits per heavy atom. The maximum Gasteiger partial charge on any atom is 0.416 e. The number of aromatic nitrogens is 2. The quantitative estimate of drug-likeness (QED) is 0.532. The highest BCUT2D eigenvalue weighted by Crippen LogP contribution is 2.34. The Morgan fingerprint density at radius 3 is 2.55 bits per heavy atom. The highest BCUT2D eigenvalue weighted by molar-refractivity contribution is 8.18. The van der Waals surface area contributed by atoms with Gasteiger partial charge in [-0.2, -0.15) is 18.2 Å². The number of benzene rings is 1. The molecule has 2 aromatic heterocycles. The van der Waals surface area contributed by atoms with Crippen LogP contribution in [0, 0.1) is 0 Å². The van der Waals surface area contributed by atoms with Gasteiger partial charge in [0.25, 0.3) is 11.1 Å². The Labute approximate surface area is 170 Å². The van der Waals surface area contributed by atoms with Crippen molar-refractivity contribution in [2.24, 2.45) is 0 Å². The van der Waals surface area contributed by atoms with Crippen molar-refractivity contribution in [3.05, 3.63) is 63.0 Å². The summed E-state index contributed by atoms with van der Waals surface area (Å²) >= 11 is 2.25. The number of amides is 2. The van der Waals surface area contributed by atoms with Gasteiger partial charge in [0, 0.05) is 10.4 Å². The van der Waals surface area contributed by atoms with E-state index in [4.69, 9.17) is 4.52 Å². The Hall–Kier alpha value is -2.92. The van der Waals surface area contributed by atoms with Crippen LogP contribution < -0.4 is 0 Å². The average molecular weight is 437 g/mol. The molecule has 0 spiro atoms. The van der Waals surface area contributed by atoms with Crippen LogP contribution in [-0.2, 0) is 17.5 Å². The van der Waals surface area contributed by atoms with Crippen LogP contribution in [0.2, 0.25) is 0 Å². The Balaban J connectivity index is 1.49. The molecule has 0 atom stereocenters. The second-order valence-electron chi connectivity index (χ2n) is 5.87. The third kappa shape index (κ3) is 4.10. The second kappa shape index (κ2) is 7.48. The minimum atomic E-state index is -4.44. The van der Waals surface area contributed by atoms with Crippen molar-refractivity contribution < 1.29 is 27.3 Å². The molecule has 1 aromatic carbocycles. The maximum atomic E-state index is 12.7. The number of carbonyl (C=O) groups excluding carboxylic acids is 2. The minimum absolute atomic E-state index is 0.000397. The minimum Gasteiger partial charge on any atom is -0.337 e. The topological polar surface area (TPSA) is 76.3 Å². The van der Waals surface area contributed by atoms with Crippen LogP contribution in [0.1, 0.15) is 16.3 Å². The molecule has 0 bridgehead atoms. The van der Waals surface area contributed by atoms with Crippen LogP contribution in [0.5, 0.6) is 0 Å². The fourth-order valence-electron chi connectivity index (χ4n) is 2.52. The molecule has 2 amide bonds. The highest BCUT2D eigenvalue weighted by Gasteiger charge is 2.36. The summed E-state index contributed by atoms with van der Waals surface area (Å²) in [6, 6.07) is 7.94. The number of alkyl halides is 3. The van der Waals surface area contributed by atoms with Gasteiger partial charge in [-0.15, -0.1) is 11.3 Å². The number of nitrogens with zero attached hydrogens (tertiary/aromatic N) is 3. The van der Waals surface area contributed by atoms with Gasteiger partial charge >= 0.3 is 6.18 Å². The zero-order valence-electron chi connectivity index (χ0n) is 14.3. The van der Waals surface area contributed by atoms with Gasteiger partial charge < -0.3 is 4.52 Å². The molecule has 1 aliphatic heterocycles. The largest absolute Gasteiger partial charge is 0.416 e. The first-order chi connectivity index (χ1) is 13.8. The molecule has 4 rings (SSSR count). The molecule has 29 heavy (non-hydrogen) atoms. The number of rotatable bonds is 4. The number of carbonyl (C=O) groups is 2. The van der Waals surface area contributed by atoms with E-state index < -0.39 is 22.9 Å². The molecule has 1 saturated heterocycles. The van der Waals surface area contributed by atoms with E-state index in [9.17, 15) is 22.8 Å². The smallest absolute Gasteiger partial charge is 0.337 e. The van der Waals surface area contributed by atoms with Gasteiger partial charge in [-0.05, 0) is 41.4 Å². The van der Waals surface area contributed by atoms with Crippen molar-refractivity contribution in [1.29, 1.82) is 0 Å². The number of hydrogen-bond donors (Lipinski definition) is 0. The fourth-order valence-corrected chi connectivity index (χ4v) is 4.08. The van der Waals surface area contributed by atoms with E-state index in [1.165, 1.54) is 23.5 Å². The summed E-state index contributed by atoms with van der Waals surface area (Å²) < 4.78 is 43.0. The van der Waals surface area contributed by atoms with Crippen LogP contribution >= 0.6 is 23.1 Å². The van der Waals surface area contributed by atoms with Crippen molar-refractivity contribution in [2.45, 2.75) is 12.7 Å². The molecule has 148 valence electrons. The van der Waals surface area contributed by atoms with Gasteiger partial charge in [0.1, 0.15) is 6.54 Å². The molecule has 0 saturated carbocycles. The Bertz CT molecular complexity index is 1090. The van der Waals surface area contributed by atoms with Gasteiger partial charge in [0.2, 0.25) is 11.7 Å². The summed E-state index contributed by atoms with van der Waals surface area (Å²) in [5, 5.41) is 5.11. The first kappa shape index (κ1) is 19.4. The van der Waals surface area contributed by atoms with Crippen molar-refractivity contribution in [2.75, 3.05) is 0 Å². The van der Waals surface area contributed by atoms with E-state index in [2.05, 4.69) is 10.1 Å². The molecule has 11 heteroatoms. The van der Waals surface area contributed by atoms with Crippen LogP contribution in [-0.4, -0.2) is 26.2 Å². The number of imide groups is 1. The summed E-state index contributed by atoms with van der Waals surface area (Å²) in [5.41, 5.74) is -0.472. The average Bonchev–Trinajstić information content (AvgIpc) is 3.40. The highest BCUT2D eigenvalue weighted by atomic mass is 32.2. The zero-order valence-corrected chi connectivity index (χ0v) is 16.0. The SMILES string of the molecule is O=C1S/C(=C\c2cccs2)C(=O)N1Cc1nc(-c2ccc(C(F)(F)F)cc2)no1. The molecule has 3 heterocycles. The summed E-state index contributed by atoms with van der Waals surface area (Å²) in [6.07, 6.45) is -2.81. The molecule has 0 aliphatic carbocycles. The maximum absolute atomic E-state index is 12.7. The van der Waals surface area contributed by atoms with Gasteiger partial charge in [-0.1, -0.05) is 23.4 Å². The van der Waals surface area contributed by atoms with Gasteiger partial charge in [0.15, 0.2) is 0 Å². The van der Waals surface area contributed by atoms with E-state index in [0.717, 1.165) is 33.7 Å². The fraction of sp³-hybridized carbons (Fsp3) is 0.111. The van der Waals surface area contributed by atoms with Crippen molar-refractivity contribution >= 4 is 40.3 Å². The Kier molecular flexibility index (Phi) is 5.01. The molecular formula is C18H10F3N3O3S2. The predicted octanol–water partition coefficient (Wildman–Crippen LogP) is 5.05. The van der Waals surface area contributed by atoms with Crippen molar-refractivity contribution in [1.82, 2.24) is 15.0 Å². The molecule has 0 unspecified atom stereocenters. The van der Waals surface area contributed by atoms with E-state index in [0.29, 0.717) is 10.5 Å². The van der Waals surface area contributed by atoms with Crippen LogP contribution in [0.4, 0.5) is 18.0 Å². The summed E-state index contributed by atoms with van der Waals surface area (Å²) in [7, 11) is 0. The first-order valence-corrected chi connectivity index (χ1v) is 9.80. The molecule has 1 aliphatic rings. The lowest BCUT2D eigenvalue weighted by Crippen LogP contribution is -2.27. The lowest BCUT2D eigenvalue weighted by molar-refractivity contribution is -0.137. The van der Waals surface area contributed by atoms with Crippen molar-refractivity contribution in [3.8, 4) is 11.4 Å². The van der Waals surface area contributed by atoms with Crippen molar-refractivity contribution in [3.63, 3.8) is 0 Å². The molecule has 1 fully saturated rings. The number of hydrogen-bond acceptors (Lipinski definition) is 7. The molecular weight excluding hydrogens is 427 g/mol. The third-order valence-electron chi connectivity index (χ3n) is 3.92. The number of halogens is 3. The van der Waals surface area contributed by atoms with Crippen LogP contribution in [0.3, 0.4) is 0 Å². The zero-order chi connectivity index (χ0) is 20.6. The van der Waals surface area contributed by atoms with Crippen LogP contribution in [0.25, 0.3) is 17.5 Å². The lowest BCUT2D eigenvalue weighted by atomic mass is 10.1. The van der Waals surface area contributed by atoms with E-state index in [1.54, 1.807) is 6.08 Å². The summed E-state index contributed by atoms with van der Waals surface area (Å²) in [5.74, 6) is -0.405. The number of thioether (sulfide) groups is 1. The molecule has 0 N–H and O–H groups in total. The molecule has 0 radical (unpaired) electrons. The second-order valence-corrected chi connectivity index (χ2v) is 7.84. The molecule has 6 nitrogen and oxygen atoms in total. The van der Waals surface area contributed by atoms with Crippen LogP contribution in [0.15, 0.2) is 51.2 Å². The van der Waals surface area contributed by atoms with E-state index >= 15 is 0 Å². The number of thiophene rings is 1. The third-order valence-corrected chi connectivity index (χ3v) is 5.65. The van der Waals surface area contributed by atoms with E-state index in [-0.39, 0.29) is 18.3 Å². The Morgan fingerprint density at radius 1 is 1.14 bits per heavy atom. The lowest BCUT2D eigenvalue weighted by Gasteiger charge is -2.08. The van der Waals surface area contributed by atoms with Gasteiger partial charge in [-0.25, -0.2) is 0 Å². The van der Waals surface area contributed by atoms with Gasteiger partial charge in [0.05, 0.1) is 10.5 Å². The van der Waals surface area contributed by atoms with Gasteiger partial charge in [-0.3, -0.25) is 14.5 Å². The standard InChI is InChI=1S/C18H10F3N3O3S2/c19-18(20,21)11-5-3-10(4-6-11)15-22-14(27-23-15)9-24-16(25)13(29-17(24)26)8-12-2-1-7-28-12/h1-8H,9H2/b13-8-. The van der Waals surface area contributed by atoms with E-state index in [1.807, 2.05) is 17.5 Å². The predicted molar refractivity (Wildman–Crippen MR) is 101 cm³/mol. The normalized spacial score (nSPS) is 16.2. The first-order valence-electron chi connectivity index (χ1n) is 8.10. The summed E-state index contributed by atoms with van der Waals surface area (Å²) in [6.45, 7) is -0.222. The monoisotopic (exact) mass is 437 g/mol. The summed E-state index contributed by atoms with van der Waals surface area (Å²) in [4.78, 5) is 30.8. The molecule has 3 aromatic rings.